The van der Waals surface area contributed by atoms with E-state index in [0.717, 1.165) is 29.9 Å². The van der Waals surface area contributed by atoms with Gasteiger partial charge in [0.15, 0.2) is 0 Å². The molecule has 0 radical (unpaired) electrons. The Bertz CT molecular complexity index is 223. The maximum Gasteiger partial charge on any atom is 0.140 e. The molecule has 1 rings (SSSR count). The molecule has 1 N–H and O–H groups in total. The van der Waals surface area contributed by atoms with E-state index in [1.807, 2.05) is 4.68 Å². The van der Waals surface area contributed by atoms with Crippen LogP contribution in [0, 0.1) is 0 Å². The second-order valence-corrected chi connectivity index (χ2v) is 3.44. The lowest BCUT2D eigenvalue weighted by Crippen LogP contribution is -2.19. The van der Waals surface area contributed by atoms with Crippen LogP contribution in [0.15, 0.2) is 6.33 Å². The molecule has 0 saturated carbocycles. The Balaban J connectivity index is 2.39. The first-order chi connectivity index (χ1) is 5.88. The molecule has 0 fully saturated rings. The van der Waals surface area contributed by atoms with Gasteiger partial charge >= 0.3 is 0 Å². The quantitative estimate of drug-likeness (QED) is 0.493. The van der Waals surface area contributed by atoms with Crippen LogP contribution in [0.3, 0.4) is 0 Å². The number of aryl methyl sites for hydroxylation is 1. The van der Waals surface area contributed by atoms with Crippen molar-refractivity contribution in [3.8, 4) is 0 Å². The Morgan fingerprint density at radius 3 is 3.17 bits per heavy atom. The summed E-state index contributed by atoms with van der Waals surface area (Å²) >= 11 is 2.34. The summed E-state index contributed by atoms with van der Waals surface area (Å²) in [6.45, 7) is 4.80. The largest absolute Gasteiger partial charge is 0.309 e. The maximum atomic E-state index is 4.15. The number of alkyl halides is 1. The van der Waals surface area contributed by atoms with Crippen LogP contribution in [0.25, 0.3) is 0 Å². The monoisotopic (exact) mass is 280 g/mol. The standard InChI is InChI=1S/C7H13IN4/c1-2-12-7(10-6-11-12)5-9-4-3-8/h6,9H,2-5H2,1H3. The zero-order valence-electron chi connectivity index (χ0n) is 7.13. The molecule has 0 atom stereocenters. The zero-order chi connectivity index (χ0) is 8.81. The van der Waals surface area contributed by atoms with Gasteiger partial charge in [-0.25, -0.2) is 9.67 Å². The highest BCUT2D eigenvalue weighted by Crippen LogP contribution is 1.92. The molecule has 68 valence electrons. The molecule has 0 aliphatic carbocycles. The lowest BCUT2D eigenvalue weighted by molar-refractivity contribution is 0.582. The summed E-state index contributed by atoms with van der Waals surface area (Å²) in [6.07, 6.45) is 1.60. The van der Waals surface area contributed by atoms with E-state index in [9.17, 15) is 0 Å². The molecule has 1 aromatic heterocycles. The molecule has 0 amide bonds. The fourth-order valence-corrected chi connectivity index (χ4v) is 1.34. The highest BCUT2D eigenvalue weighted by atomic mass is 127. The van der Waals surface area contributed by atoms with Crippen molar-refractivity contribution in [3.63, 3.8) is 0 Å². The summed E-state index contributed by atoms with van der Waals surface area (Å²) in [4.78, 5) is 4.15. The van der Waals surface area contributed by atoms with Gasteiger partial charge in [-0.1, -0.05) is 22.6 Å². The van der Waals surface area contributed by atoms with E-state index in [4.69, 9.17) is 0 Å². The van der Waals surface area contributed by atoms with E-state index in [-0.39, 0.29) is 0 Å². The van der Waals surface area contributed by atoms with Crippen LogP contribution in [-0.4, -0.2) is 25.7 Å². The molecule has 0 aliphatic rings. The minimum atomic E-state index is 0.816. The number of aromatic nitrogens is 3. The highest BCUT2D eigenvalue weighted by Gasteiger charge is 1.99. The number of hydrogen-bond donors (Lipinski definition) is 1. The second kappa shape index (κ2) is 5.47. The van der Waals surface area contributed by atoms with Gasteiger partial charge in [-0.05, 0) is 6.92 Å². The minimum absolute atomic E-state index is 0.816. The van der Waals surface area contributed by atoms with Gasteiger partial charge < -0.3 is 5.32 Å². The fraction of sp³-hybridized carbons (Fsp3) is 0.714. The van der Waals surface area contributed by atoms with E-state index < -0.39 is 0 Å². The highest BCUT2D eigenvalue weighted by molar-refractivity contribution is 14.1. The van der Waals surface area contributed by atoms with E-state index in [1.54, 1.807) is 6.33 Å². The van der Waals surface area contributed by atoms with E-state index >= 15 is 0 Å². The topological polar surface area (TPSA) is 42.7 Å². The summed E-state index contributed by atoms with van der Waals surface area (Å²) in [5.74, 6) is 1.02. The number of hydrogen-bond acceptors (Lipinski definition) is 3. The van der Waals surface area contributed by atoms with Crippen molar-refractivity contribution < 1.29 is 0 Å². The Morgan fingerprint density at radius 1 is 1.67 bits per heavy atom. The number of nitrogens with zero attached hydrogens (tertiary/aromatic N) is 3. The maximum absolute atomic E-state index is 4.15. The van der Waals surface area contributed by atoms with Gasteiger partial charge in [-0.2, -0.15) is 5.10 Å². The van der Waals surface area contributed by atoms with Crippen LogP contribution in [-0.2, 0) is 13.1 Å². The molecule has 0 aliphatic heterocycles. The average molecular weight is 280 g/mol. The Hall–Kier alpha value is -0.170. The van der Waals surface area contributed by atoms with Crippen LogP contribution >= 0.6 is 22.6 Å². The average Bonchev–Trinajstić information content (AvgIpc) is 2.52. The molecule has 4 nitrogen and oxygen atoms in total. The molecular formula is C7H13IN4. The van der Waals surface area contributed by atoms with Gasteiger partial charge in [0.1, 0.15) is 12.2 Å². The summed E-state index contributed by atoms with van der Waals surface area (Å²) in [5, 5.41) is 7.36. The molecule has 0 bridgehead atoms. The van der Waals surface area contributed by atoms with Crippen LogP contribution in [0.1, 0.15) is 12.7 Å². The molecule has 12 heavy (non-hydrogen) atoms. The Kier molecular flexibility index (Phi) is 4.52. The third-order valence-electron chi connectivity index (χ3n) is 1.55. The molecule has 5 heteroatoms. The third-order valence-corrected chi connectivity index (χ3v) is 2.09. The van der Waals surface area contributed by atoms with Gasteiger partial charge in [0.25, 0.3) is 0 Å². The van der Waals surface area contributed by atoms with E-state index in [2.05, 4.69) is 44.9 Å². The van der Waals surface area contributed by atoms with Crippen molar-refractivity contribution >= 4 is 22.6 Å². The third kappa shape index (κ3) is 2.71. The fourth-order valence-electron chi connectivity index (χ4n) is 0.956. The summed E-state index contributed by atoms with van der Waals surface area (Å²) < 4.78 is 3.03. The van der Waals surface area contributed by atoms with Gasteiger partial charge in [0, 0.05) is 17.5 Å². The first-order valence-electron chi connectivity index (χ1n) is 4.01. The SMILES string of the molecule is CCn1ncnc1CNCCI. The normalized spacial score (nSPS) is 10.5. The number of halogens is 1. The molecule has 1 heterocycles. The number of rotatable bonds is 5. The van der Waals surface area contributed by atoms with Gasteiger partial charge in [-0.15, -0.1) is 0 Å². The first kappa shape index (κ1) is 9.91. The predicted octanol–water partition coefficient (Wildman–Crippen LogP) is 0.823. The first-order valence-corrected chi connectivity index (χ1v) is 5.54. The van der Waals surface area contributed by atoms with E-state index in [0.29, 0.717) is 0 Å². The molecule has 1 aromatic rings. The lowest BCUT2D eigenvalue weighted by atomic mass is 10.5. The van der Waals surface area contributed by atoms with Crippen molar-refractivity contribution in [3.05, 3.63) is 12.2 Å². The molecule has 0 spiro atoms. The van der Waals surface area contributed by atoms with Crippen molar-refractivity contribution in [2.75, 3.05) is 11.0 Å². The van der Waals surface area contributed by atoms with Crippen molar-refractivity contribution in [2.45, 2.75) is 20.0 Å². The summed E-state index contributed by atoms with van der Waals surface area (Å²) in [5.41, 5.74) is 0. The van der Waals surface area contributed by atoms with Crippen molar-refractivity contribution in [1.29, 1.82) is 0 Å². The van der Waals surface area contributed by atoms with Crippen LogP contribution in [0.5, 0.6) is 0 Å². The minimum Gasteiger partial charge on any atom is -0.309 e. The zero-order valence-corrected chi connectivity index (χ0v) is 9.28. The summed E-state index contributed by atoms with van der Waals surface area (Å²) in [7, 11) is 0. The van der Waals surface area contributed by atoms with Crippen molar-refractivity contribution in [1.82, 2.24) is 20.1 Å². The van der Waals surface area contributed by atoms with Crippen LogP contribution in [0.4, 0.5) is 0 Å². The van der Waals surface area contributed by atoms with Gasteiger partial charge in [0.2, 0.25) is 0 Å². The summed E-state index contributed by atoms with van der Waals surface area (Å²) in [6, 6.07) is 0. The van der Waals surface area contributed by atoms with Gasteiger partial charge in [0.05, 0.1) is 6.54 Å². The smallest absolute Gasteiger partial charge is 0.140 e. The molecule has 0 unspecified atom stereocenters. The molecule has 0 aromatic carbocycles. The van der Waals surface area contributed by atoms with Crippen LogP contribution in [0.2, 0.25) is 0 Å². The predicted molar refractivity (Wildman–Crippen MR) is 56.3 cm³/mol. The second-order valence-electron chi connectivity index (χ2n) is 2.36. The molecular weight excluding hydrogens is 267 g/mol. The van der Waals surface area contributed by atoms with Gasteiger partial charge in [-0.3, -0.25) is 0 Å². The van der Waals surface area contributed by atoms with E-state index in [1.165, 1.54) is 0 Å². The Morgan fingerprint density at radius 2 is 2.50 bits per heavy atom. The van der Waals surface area contributed by atoms with Crippen LogP contribution < -0.4 is 5.32 Å². The Labute approximate surface area is 85.9 Å². The molecule has 0 saturated heterocycles. The lowest BCUT2D eigenvalue weighted by Gasteiger charge is -2.02. The van der Waals surface area contributed by atoms with Crippen molar-refractivity contribution in [2.24, 2.45) is 0 Å². The number of nitrogens with one attached hydrogen (secondary N) is 1.